The molecule has 5 heteroatoms. The van der Waals surface area contributed by atoms with Gasteiger partial charge in [-0.2, -0.15) is 0 Å². The van der Waals surface area contributed by atoms with E-state index >= 15 is 0 Å². The summed E-state index contributed by atoms with van der Waals surface area (Å²) < 4.78 is 1.03. The maximum atomic E-state index is 13.2. The van der Waals surface area contributed by atoms with Crippen molar-refractivity contribution in [3.63, 3.8) is 0 Å². The lowest BCUT2D eigenvalue weighted by Gasteiger charge is -2.34. The molecule has 0 aromatic heterocycles. The molecule has 4 nitrogen and oxygen atoms in total. The van der Waals surface area contributed by atoms with Gasteiger partial charge in [-0.25, -0.2) is 0 Å². The van der Waals surface area contributed by atoms with Gasteiger partial charge in [0, 0.05) is 24.2 Å². The molecule has 0 heterocycles. The summed E-state index contributed by atoms with van der Waals surface area (Å²) in [6.07, 6.45) is 0.982. The Labute approximate surface area is 180 Å². The first-order valence-corrected chi connectivity index (χ1v) is 9.95. The Hall–Kier alpha value is -1.85. The van der Waals surface area contributed by atoms with Crippen LogP contribution in [0.3, 0.4) is 0 Å². The number of nitrogen functional groups attached to an aromatic ring is 1. The lowest BCUT2D eigenvalue weighted by atomic mass is 10.0. The first-order chi connectivity index (χ1) is 12.9. The Morgan fingerprint density at radius 1 is 1.04 bits per heavy atom. The molecule has 0 radical (unpaired) electrons. The van der Waals surface area contributed by atoms with E-state index in [2.05, 4.69) is 40.0 Å². The van der Waals surface area contributed by atoms with Crippen molar-refractivity contribution in [2.75, 3.05) is 39.0 Å². The zero-order chi connectivity index (χ0) is 19.9. The maximum absolute atomic E-state index is 13.2. The number of hydrogen-bond donors (Lipinski definition) is 1. The number of anilines is 1. The Balaban J connectivity index is 0.00000392. The van der Waals surface area contributed by atoms with Gasteiger partial charge in [-0.15, -0.1) is 0 Å². The summed E-state index contributed by atoms with van der Waals surface area (Å²) in [6, 6.07) is 17.5. The second-order valence-corrected chi connectivity index (χ2v) is 7.54. The molecule has 1 atom stereocenters. The van der Waals surface area contributed by atoms with Gasteiger partial charge in [0.2, 0.25) is 0 Å². The first-order valence-electron chi connectivity index (χ1n) is 9.95. The molecule has 0 spiro atoms. The van der Waals surface area contributed by atoms with Crippen LogP contribution in [0.25, 0.3) is 0 Å². The molecule has 0 bridgehead atoms. The van der Waals surface area contributed by atoms with Crippen molar-refractivity contribution in [1.82, 2.24) is 4.90 Å². The molecule has 0 aliphatic rings. The minimum atomic E-state index is 0. The van der Waals surface area contributed by atoms with E-state index in [1.54, 1.807) is 12.1 Å². The zero-order valence-electron chi connectivity index (χ0n) is 17.6. The van der Waals surface area contributed by atoms with E-state index < -0.39 is 0 Å². The number of benzene rings is 2. The normalized spacial score (nSPS) is 12.1. The maximum Gasteiger partial charge on any atom is 0.254 e. The van der Waals surface area contributed by atoms with E-state index in [-0.39, 0.29) is 28.9 Å². The van der Waals surface area contributed by atoms with Crippen molar-refractivity contribution in [1.29, 1.82) is 0 Å². The smallest absolute Gasteiger partial charge is 0.254 e. The monoisotopic (exact) mass is 447 g/mol. The molecule has 0 aliphatic carbocycles. The number of halogens is 1. The van der Waals surface area contributed by atoms with Crippen LogP contribution in [0.5, 0.6) is 0 Å². The topological polar surface area (TPSA) is 46.3 Å². The van der Waals surface area contributed by atoms with Crippen molar-refractivity contribution in [2.45, 2.75) is 33.2 Å². The first kappa shape index (κ1) is 24.2. The fourth-order valence-corrected chi connectivity index (χ4v) is 3.34. The van der Waals surface area contributed by atoms with Crippen molar-refractivity contribution in [3.05, 3.63) is 65.7 Å². The second-order valence-electron chi connectivity index (χ2n) is 7.54. The molecule has 0 saturated heterocycles. The minimum absolute atomic E-state index is 0. The average molecular weight is 448 g/mol. The number of quaternary nitrogens is 1. The van der Waals surface area contributed by atoms with E-state index in [0.29, 0.717) is 11.3 Å². The molecule has 0 fully saturated rings. The Morgan fingerprint density at radius 3 is 2.14 bits per heavy atom. The van der Waals surface area contributed by atoms with E-state index in [4.69, 9.17) is 5.73 Å². The lowest BCUT2D eigenvalue weighted by Crippen LogP contribution is -3.00. The molecule has 28 heavy (non-hydrogen) atoms. The fraction of sp³-hybridized carbons (Fsp3) is 0.435. The van der Waals surface area contributed by atoms with Crippen molar-refractivity contribution < 1.29 is 26.3 Å². The molecule has 1 unspecified atom stereocenters. The zero-order valence-corrected chi connectivity index (χ0v) is 19.2. The average Bonchev–Trinajstić information content (AvgIpc) is 2.71. The van der Waals surface area contributed by atoms with Crippen LogP contribution in [0, 0.1) is 0 Å². The molecule has 2 aromatic carbocycles. The van der Waals surface area contributed by atoms with E-state index in [1.165, 1.54) is 0 Å². The van der Waals surface area contributed by atoms with Crippen molar-refractivity contribution in [2.24, 2.45) is 0 Å². The number of carbonyl (C=O) groups is 1. The molecular formula is C23H34BrN3O. The summed E-state index contributed by atoms with van der Waals surface area (Å²) in [5, 5.41) is 0. The highest BCUT2D eigenvalue weighted by atomic mass is 79.9. The highest BCUT2D eigenvalue weighted by molar-refractivity contribution is 5.94. The third-order valence-electron chi connectivity index (χ3n) is 5.79. The van der Waals surface area contributed by atoms with Crippen LogP contribution in [-0.2, 0) is 0 Å². The second kappa shape index (κ2) is 11.2. The van der Waals surface area contributed by atoms with Gasteiger partial charge in [-0.3, -0.25) is 4.79 Å². The Bertz CT molecular complexity index is 714. The van der Waals surface area contributed by atoms with Crippen LogP contribution in [-0.4, -0.2) is 48.5 Å². The van der Waals surface area contributed by atoms with Crippen LogP contribution < -0.4 is 22.7 Å². The standard InChI is InChI=1S/C23H33N3O.BrH/c1-5-26(4,6-2)18-10-17-25(19(3)20-11-8-7-9-12-20)23(27)21-13-15-22(24)16-14-21;/h7-9,11-16,19H,5-6,10,17-18H2,1-4H3,(H-,24,27);1H. The number of rotatable bonds is 9. The molecular weight excluding hydrogens is 414 g/mol. The highest BCUT2D eigenvalue weighted by Gasteiger charge is 2.24. The summed E-state index contributed by atoms with van der Waals surface area (Å²) >= 11 is 0. The number of carbonyl (C=O) groups excluding carboxylic acids is 1. The summed E-state index contributed by atoms with van der Waals surface area (Å²) in [6.45, 7) is 10.6. The minimum Gasteiger partial charge on any atom is -1.00 e. The molecule has 0 saturated carbocycles. The van der Waals surface area contributed by atoms with E-state index in [9.17, 15) is 4.79 Å². The quantitative estimate of drug-likeness (QED) is 0.465. The predicted octanol–water partition coefficient (Wildman–Crippen LogP) is 1.35. The Kier molecular flexibility index (Phi) is 9.70. The SMILES string of the molecule is CC[N+](C)(CC)CCCN(C(=O)c1ccc(N)cc1)C(C)c1ccccc1.[Br-]. The Morgan fingerprint density at radius 2 is 1.61 bits per heavy atom. The van der Waals surface area contributed by atoms with Crippen LogP contribution in [0.2, 0.25) is 0 Å². The van der Waals surface area contributed by atoms with Gasteiger partial charge in [-0.05, 0) is 50.6 Å². The van der Waals surface area contributed by atoms with E-state index in [1.807, 2.05) is 35.2 Å². The third-order valence-corrected chi connectivity index (χ3v) is 5.79. The molecule has 2 aromatic rings. The van der Waals surface area contributed by atoms with Gasteiger partial charge in [-0.1, -0.05) is 30.3 Å². The summed E-state index contributed by atoms with van der Waals surface area (Å²) in [5.41, 5.74) is 8.31. The summed E-state index contributed by atoms with van der Waals surface area (Å²) in [5.74, 6) is 0.0635. The van der Waals surface area contributed by atoms with Crippen molar-refractivity contribution >= 4 is 11.6 Å². The van der Waals surface area contributed by atoms with Crippen LogP contribution >= 0.6 is 0 Å². The molecule has 1 amide bonds. The summed E-state index contributed by atoms with van der Waals surface area (Å²) in [7, 11) is 2.28. The van der Waals surface area contributed by atoms with Gasteiger partial charge in [0.15, 0.2) is 0 Å². The lowest BCUT2D eigenvalue weighted by molar-refractivity contribution is -0.906. The molecule has 2 rings (SSSR count). The largest absolute Gasteiger partial charge is 1.00 e. The van der Waals surface area contributed by atoms with E-state index in [0.717, 1.165) is 42.6 Å². The molecule has 154 valence electrons. The van der Waals surface area contributed by atoms with Crippen molar-refractivity contribution in [3.8, 4) is 0 Å². The third kappa shape index (κ3) is 6.35. The van der Waals surface area contributed by atoms with Gasteiger partial charge in [0.05, 0.1) is 32.7 Å². The number of hydrogen-bond acceptors (Lipinski definition) is 2. The van der Waals surface area contributed by atoms with Crippen LogP contribution in [0.4, 0.5) is 5.69 Å². The number of amides is 1. The van der Waals surface area contributed by atoms with Crippen LogP contribution in [0.15, 0.2) is 54.6 Å². The molecule has 2 N–H and O–H groups in total. The highest BCUT2D eigenvalue weighted by Crippen LogP contribution is 2.23. The van der Waals surface area contributed by atoms with Gasteiger partial charge in [0.1, 0.15) is 0 Å². The van der Waals surface area contributed by atoms with Crippen LogP contribution in [0.1, 0.15) is 49.2 Å². The van der Waals surface area contributed by atoms with Gasteiger partial charge >= 0.3 is 0 Å². The summed E-state index contributed by atoms with van der Waals surface area (Å²) in [4.78, 5) is 15.2. The van der Waals surface area contributed by atoms with Gasteiger partial charge < -0.3 is 32.1 Å². The molecule has 0 aliphatic heterocycles. The van der Waals surface area contributed by atoms with Gasteiger partial charge in [0.25, 0.3) is 5.91 Å². The predicted molar refractivity (Wildman–Crippen MR) is 113 cm³/mol. The number of nitrogens with zero attached hydrogens (tertiary/aromatic N) is 2. The number of nitrogens with two attached hydrogens (primary N) is 1. The fourth-order valence-electron chi connectivity index (χ4n) is 3.34.